The molecule has 0 radical (unpaired) electrons. The topological polar surface area (TPSA) is 99.8 Å². The van der Waals surface area contributed by atoms with E-state index in [2.05, 4.69) is 15.7 Å². The summed E-state index contributed by atoms with van der Waals surface area (Å²) in [5.41, 5.74) is -1.72. The normalized spacial score (nSPS) is 14.8. The van der Waals surface area contributed by atoms with Gasteiger partial charge in [-0.05, 0) is 42.5 Å². The van der Waals surface area contributed by atoms with Crippen molar-refractivity contribution in [2.45, 2.75) is 12.2 Å². The summed E-state index contributed by atoms with van der Waals surface area (Å²) in [6.07, 6.45) is -4.91. The summed E-state index contributed by atoms with van der Waals surface area (Å²) in [4.78, 5) is 26.2. The molecule has 1 unspecified atom stereocenters. The summed E-state index contributed by atoms with van der Waals surface area (Å²) in [5, 5.41) is 19.0. The number of nitriles is 1. The van der Waals surface area contributed by atoms with E-state index in [1.165, 1.54) is 23.9 Å². The molecule has 3 aromatic carbocycles. The van der Waals surface area contributed by atoms with E-state index in [-0.39, 0.29) is 50.1 Å². The highest BCUT2D eigenvalue weighted by Crippen LogP contribution is 2.43. The first-order valence-corrected chi connectivity index (χ1v) is 11.2. The summed E-state index contributed by atoms with van der Waals surface area (Å²) in [5.74, 6) is -3.72. The number of halogens is 6. The molecule has 0 fully saturated rings. The van der Waals surface area contributed by atoms with Crippen LogP contribution in [0.1, 0.15) is 49.1 Å². The smallest absolute Gasteiger partial charge is 0.341 e. The standard InChI is InChI=1S/C25H13ClF5N5O2/c1-36-22-15(18(9-32)35-36)8-17(33-23(37)10-4-11(25(29,30)31)6-13(28)5-10)19-20(22)24(38)34-21(19)14-7-12(27)2-3-16(14)26/h2-8,21H,1H3,(H,33,37)(H,34,38). The number of amides is 2. The van der Waals surface area contributed by atoms with E-state index < -0.39 is 46.8 Å². The van der Waals surface area contributed by atoms with Crippen LogP contribution in [0.15, 0.2) is 42.5 Å². The summed E-state index contributed by atoms with van der Waals surface area (Å²) < 4.78 is 69.0. The van der Waals surface area contributed by atoms with Crippen LogP contribution in [0.2, 0.25) is 5.02 Å². The molecular weight excluding hydrogens is 533 g/mol. The lowest BCUT2D eigenvalue weighted by Gasteiger charge is -2.18. The second kappa shape index (κ2) is 8.81. The molecule has 0 saturated carbocycles. The van der Waals surface area contributed by atoms with Crippen LogP contribution in [0.4, 0.5) is 27.6 Å². The molecule has 0 bridgehead atoms. The summed E-state index contributed by atoms with van der Waals surface area (Å²) in [6.45, 7) is 0. The number of alkyl halides is 3. The lowest BCUT2D eigenvalue weighted by atomic mass is 9.94. The number of hydrogen-bond donors (Lipinski definition) is 2. The van der Waals surface area contributed by atoms with Crippen molar-refractivity contribution < 1.29 is 31.5 Å². The monoisotopic (exact) mass is 545 g/mol. The second-order valence-corrected chi connectivity index (χ2v) is 8.85. The molecule has 38 heavy (non-hydrogen) atoms. The van der Waals surface area contributed by atoms with Gasteiger partial charge in [0.1, 0.15) is 17.7 Å². The van der Waals surface area contributed by atoms with Crippen molar-refractivity contribution in [3.63, 3.8) is 0 Å². The SMILES string of the molecule is Cn1nc(C#N)c2cc(NC(=O)c3cc(F)cc(C(F)(F)F)c3)c3c(c21)C(=O)NC3c1cc(F)ccc1Cl. The minimum atomic E-state index is -4.91. The average Bonchev–Trinajstić information content (AvgIpc) is 3.36. The Hall–Kier alpha value is -4.50. The Balaban J connectivity index is 1.73. The summed E-state index contributed by atoms with van der Waals surface area (Å²) in [7, 11) is 1.49. The maximum Gasteiger partial charge on any atom is 0.416 e. The number of hydrogen-bond acceptors (Lipinski definition) is 4. The Kier molecular flexibility index (Phi) is 5.83. The lowest BCUT2D eigenvalue weighted by Crippen LogP contribution is -2.21. The van der Waals surface area contributed by atoms with Gasteiger partial charge in [-0.15, -0.1) is 0 Å². The predicted octanol–water partition coefficient (Wildman–Crippen LogP) is 5.48. The second-order valence-electron chi connectivity index (χ2n) is 8.45. The maximum atomic E-state index is 14.1. The lowest BCUT2D eigenvalue weighted by molar-refractivity contribution is -0.137. The number of nitrogens with one attached hydrogen (secondary N) is 2. The van der Waals surface area contributed by atoms with Gasteiger partial charge in [0.05, 0.1) is 22.7 Å². The van der Waals surface area contributed by atoms with E-state index in [9.17, 15) is 36.8 Å². The van der Waals surface area contributed by atoms with Gasteiger partial charge in [0.25, 0.3) is 11.8 Å². The molecule has 0 spiro atoms. The van der Waals surface area contributed by atoms with Crippen LogP contribution in [0.3, 0.4) is 0 Å². The fourth-order valence-electron chi connectivity index (χ4n) is 4.50. The highest BCUT2D eigenvalue weighted by molar-refractivity contribution is 6.31. The molecular formula is C25H13ClF5N5O2. The van der Waals surface area contributed by atoms with Crippen LogP contribution in [-0.4, -0.2) is 21.6 Å². The third kappa shape index (κ3) is 4.10. The molecule has 2 heterocycles. The molecule has 4 aromatic rings. The van der Waals surface area contributed by atoms with Gasteiger partial charge in [-0.2, -0.15) is 23.5 Å². The summed E-state index contributed by atoms with van der Waals surface area (Å²) >= 11 is 6.28. The van der Waals surface area contributed by atoms with Crippen molar-refractivity contribution in [1.29, 1.82) is 5.26 Å². The largest absolute Gasteiger partial charge is 0.416 e. The first-order chi connectivity index (χ1) is 17.9. The summed E-state index contributed by atoms with van der Waals surface area (Å²) in [6, 6.07) is 6.94. The number of anilines is 1. The number of fused-ring (bicyclic) bond motifs is 3. The first kappa shape index (κ1) is 25.2. The van der Waals surface area contributed by atoms with Crippen LogP contribution in [0, 0.1) is 23.0 Å². The first-order valence-electron chi connectivity index (χ1n) is 10.8. The minimum absolute atomic E-state index is 0.00477. The van der Waals surface area contributed by atoms with Gasteiger partial charge in [0.2, 0.25) is 0 Å². The van der Waals surface area contributed by atoms with Crippen LogP contribution < -0.4 is 10.6 Å². The Morgan fingerprint density at radius 2 is 1.89 bits per heavy atom. The van der Waals surface area contributed by atoms with E-state index in [1.54, 1.807) is 0 Å². The minimum Gasteiger partial charge on any atom is -0.341 e. The number of rotatable bonds is 3. The predicted molar refractivity (Wildman–Crippen MR) is 126 cm³/mol. The van der Waals surface area contributed by atoms with E-state index >= 15 is 0 Å². The molecule has 192 valence electrons. The molecule has 1 aromatic heterocycles. The van der Waals surface area contributed by atoms with E-state index in [0.717, 1.165) is 12.1 Å². The van der Waals surface area contributed by atoms with E-state index in [0.29, 0.717) is 12.1 Å². The average molecular weight is 546 g/mol. The molecule has 2 amide bonds. The highest BCUT2D eigenvalue weighted by atomic mass is 35.5. The van der Waals surface area contributed by atoms with Gasteiger partial charge >= 0.3 is 6.18 Å². The Labute approximate surface area is 215 Å². The van der Waals surface area contributed by atoms with Crippen molar-refractivity contribution >= 4 is 40.0 Å². The van der Waals surface area contributed by atoms with Crippen LogP contribution in [0.5, 0.6) is 0 Å². The quantitative estimate of drug-likeness (QED) is 0.333. The molecule has 1 aliphatic heterocycles. The zero-order valence-electron chi connectivity index (χ0n) is 19.0. The van der Waals surface area contributed by atoms with Gasteiger partial charge in [-0.3, -0.25) is 14.3 Å². The number of nitrogens with zero attached hydrogens (tertiary/aromatic N) is 3. The van der Waals surface area contributed by atoms with Crippen molar-refractivity contribution in [1.82, 2.24) is 15.1 Å². The molecule has 7 nitrogen and oxygen atoms in total. The Morgan fingerprint density at radius 1 is 1.16 bits per heavy atom. The van der Waals surface area contributed by atoms with Gasteiger partial charge < -0.3 is 10.6 Å². The van der Waals surface area contributed by atoms with Gasteiger partial charge in [-0.1, -0.05) is 11.6 Å². The molecule has 0 saturated heterocycles. The highest BCUT2D eigenvalue weighted by Gasteiger charge is 2.38. The van der Waals surface area contributed by atoms with E-state index in [1.807, 2.05) is 6.07 Å². The van der Waals surface area contributed by atoms with Gasteiger partial charge in [-0.25, -0.2) is 8.78 Å². The third-order valence-corrected chi connectivity index (χ3v) is 6.41. The van der Waals surface area contributed by atoms with Crippen molar-refractivity contribution in [2.24, 2.45) is 7.05 Å². The fourth-order valence-corrected chi connectivity index (χ4v) is 4.72. The molecule has 0 aliphatic carbocycles. The number of benzene rings is 3. The fraction of sp³-hybridized carbons (Fsp3) is 0.120. The maximum absolute atomic E-state index is 14.1. The van der Waals surface area contributed by atoms with Crippen LogP contribution in [-0.2, 0) is 13.2 Å². The van der Waals surface area contributed by atoms with Crippen molar-refractivity contribution in [3.05, 3.63) is 92.6 Å². The Bertz CT molecular complexity index is 1720. The number of carbonyl (C=O) groups is 2. The van der Waals surface area contributed by atoms with Gasteiger partial charge in [0, 0.05) is 39.8 Å². The van der Waals surface area contributed by atoms with Crippen molar-refractivity contribution in [3.8, 4) is 6.07 Å². The molecule has 1 aliphatic rings. The van der Waals surface area contributed by atoms with E-state index in [4.69, 9.17) is 11.6 Å². The molecule has 5 rings (SSSR count). The van der Waals surface area contributed by atoms with Crippen molar-refractivity contribution in [2.75, 3.05) is 5.32 Å². The zero-order valence-corrected chi connectivity index (χ0v) is 19.8. The van der Waals surface area contributed by atoms with Crippen LogP contribution >= 0.6 is 11.6 Å². The number of aryl methyl sites for hydroxylation is 1. The third-order valence-electron chi connectivity index (χ3n) is 6.07. The molecule has 13 heteroatoms. The Morgan fingerprint density at radius 3 is 2.58 bits per heavy atom. The number of aromatic nitrogens is 2. The zero-order chi connectivity index (χ0) is 27.5. The van der Waals surface area contributed by atoms with Gasteiger partial charge in [0.15, 0.2) is 5.69 Å². The van der Waals surface area contributed by atoms with Crippen LogP contribution in [0.25, 0.3) is 10.9 Å². The molecule has 1 atom stereocenters. The molecule has 2 N–H and O–H groups in total. The number of carbonyl (C=O) groups excluding carboxylic acids is 2.